The van der Waals surface area contributed by atoms with Crippen molar-refractivity contribution in [3.63, 3.8) is 0 Å². The predicted octanol–water partition coefficient (Wildman–Crippen LogP) is 16.2. The molecule has 0 heterocycles. The van der Waals surface area contributed by atoms with Gasteiger partial charge in [-0.2, -0.15) is 0 Å². The third-order valence-electron chi connectivity index (χ3n) is 11.2. The van der Waals surface area contributed by atoms with E-state index < -0.39 is 6.10 Å². The van der Waals surface area contributed by atoms with Crippen molar-refractivity contribution < 1.29 is 24.2 Å². The largest absolute Gasteiger partial charge is 0.462 e. The van der Waals surface area contributed by atoms with Crippen LogP contribution < -0.4 is 0 Å². The lowest BCUT2D eigenvalue weighted by Crippen LogP contribution is -2.28. The molecule has 0 bridgehead atoms. The average molecular weight is 789 g/mol. The molecule has 0 fully saturated rings. The van der Waals surface area contributed by atoms with Gasteiger partial charge in [0.15, 0.2) is 6.10 Å². The average Bonchev–Trinajstić information content (AvgIpc) is 3.20. The lowest BCUT2D eigenvalue weighted by Gasteiger charge is -2.15. The molecule has 1 N–H and O–H groups in total. The third kappa shape index (κ3) is 45.1. The zero-order valence-electron chi connectivity index (χ0n) is 37.7. The van der Waals surface area contributed by atoms with Gasteiger partial charge in [0, 0.05) is 12.8 Å². The molecule has 5 nitrogen and oxygen atoms in total. The first kappa shape index (κ1) is 54.4. The molecule has 0 amide bonds. The number of carbonyl (C=O) groups excluding carboxylic acids is 2. The van der Waals surface area contributed by atoms with Gasteiger partial charge in [-0.25, -0.2) is 0 Å². The first-order chi connectivity index (χ1) is 27.6. The predicted molar refractivity (Wildman–Crippen MR) is 242 cm³/mol. The molecule has 0 aromatic carbocycles. The molecule has 56 heavy (non-hydrogen) atoms. The summed E-state index contributed by atoms with van der Waals surface area (Å²) in [7, 11) is 0. The molecule has 330 valence electrons. The highest BCUT2D eigenvalue weighted by Crippen LogP contribution is 2.16. The summed E-state index contributed by atoms with van der Waals surface area (Å²) in [6, 6.07) is 0. The van der Waals surface area contributed by atoms with Crippen molar-refractivity contribution in [2.24, 2.45) is 0 Å². The molecular weight excluding hydrogens is 693 g/mol. The minimum atomic E-state index is -0.770. The number of allylic oxidation sites excluding steroid dienone is 4. The van der Waals surface area contributed by atoms with Crippen molar-refractivity contribution in [2.75, 3.05) is 13.2 Å². The van der Waals surface area contributed by atoms with Crippen LogP contribution in [0.3, 0.4) is 0 Å². The van der Waals surface area contributed by atoms with Gasteiger partial charge in [-0.15, -0.1) is 0 Å². The Morgan fingerprint density at radius 3 is 1.05 bits per heavy atom. The van der Waals surface area contributed by atoms with Gasteiger partial charge in [0.2, 0.25) is 0 Å². The second kappa shape index (κ2) is 47.8. The summed E-state index contributed by atoms with van der Waals surface area (Å²) in [5.41, 5.74) is 0. The van der Waals surface area contributed by atoms with Crippen LogP contribution in [-0.4, -0.2) is 36.4 Å². The van der Waals surface area contributed by atoms with Crippen LogP contribution in [0.4, 0.5) is 0 Å². The van der Waals surface area contributed by atoms with Gasteiger partial charge in [-0.1, -0.05) is 237 Å². The van der Waals surface area contributed by atoms with Crippen molar-refractivity contribution in [3.05, 3.63) is 24.3 Å². The molecule has 0 radical (unpaired) electrons. The summed E-state index contributed by atoms with van der Waals surface area (Å²) >= 11 is 0. The van der Waals surface area contributed by atoms with Gasteiger partial charge in [0.05, 0.1) is 6.61 Å². The van der Waals surface area contributed by atoms with Crippen LogP contribution in [0.15, 0.2) is 24.3 Å². The van der Waals surface area contributed by atoms with Crippen LogP contribution in [0.1, 0.15) is 271 Å². The number of rotatable bonds is 46. The van der Waals surface area contributed by atoms with Crippen molar-refractivity contribution >= 4 is 11.9 Å². The van der Waals surface area contributed by atoms with Crippen LogP contribution in [0.5, 0.6) is 0 Å². The number of aliphatic hydroxyl groups is 1. The van der Waals surface area contributed by atoms with Crippen LogP contribution in [0, 0.1) is 0 Å². The number of unbranched alkanes of at least 4 members (excludes halogenated alkanes) is 34. The summed E-state index contributed by atoms with van der Waals surface area (Å²) < 4.78 is 10.7. The van der Waals surface area contributed by atoms with Crippen molar-refractivity contribution in [1.29, 1.82) is 0 Å². The number of hydrogen-bond donors (Lipinski definition) is 1. The molecule has 0 aliphatic carbocycles. The fraction of sp³-hybridized carbons (Fsp3) is 0.882. The fourth-order valence-corrected chi connectivity index (χ4v) is 7.47. The molecule has 0 saturated heterocycles. The van der Waals surface area contributed by atoms with E-state index in [1.54, 1.807) is 0 Å². The van der Waals surface area contributed by atoms with Crippen LogP contribution in [0.2, 0.25) is 0 Å². The van der Waals surface area contributed by atoms with E-state index in [1.807, 2.05) is 0 Å². The number of esters is 2. The van der Waals surface area contributed by atoms with E-state index in [2.05, 4.69) is 38.2 Å². The maximum atomic E-state index is 12.2. The molecule has 0 aromatic heterocycles. The Labute approximate surface area is 349 Å². The van der Waals surface area contributed by atoms with Crippen LogP contribution in [-0.2, 0) is 19.1 Å². The number of aliphatic hydroxyl groups excluding tert-OH is 1. The molecule has 0 rings (SSSR count). The van der Waals surface area contributed by atoms with E-state index >= 15 is 0 Å². The molecule has 0 aliphatic heterocycles. The standard InChI is InChI=1S/C51H96O5/c1-3-5-7-9-11-13-15-17-19-21-23-25-27-29-31-33-35-37-39-41-43-45-50(53)55-48-49(47-52)56-51(54)46-44-42-40-38-36-34-32-30-28-26-24-22-20-18-16-14-12-10-8-6-4-2/h16,18,22,24,49,52H,3-15,17,19-21,23,25-48H2,1-2H3/b18-16-,24-22-. The first-order valence-corrected chi connectivity index (χ1v) is 24.9. The highest BCUT2D eigenvalue weighted by Gasteiger charge is 2.16. The molecule has 1 atom stereocenters. The SMILES string of the molecule is CCCCCCC/C=C\C/C=C\CCCCCCCCCCCC(=O)OC(CO)COC(=O)CCCCCCCCCCCCCCCCCCCCCCC. The summed E-state index contributed by atoms with van der Waals surface area (Å²) in [6.07, 6.45) is 58.4. The van der Waals surface area contributed by atoms with Crippen molar-refractivity contribution in [3.8, 4) is 0 Å². The Balaban J connectivity index is 3.47. The van der Waals surface area contributed by atoms with E-state index in [9.17, 15) is 14.7 Å². The molecule has 1 unspecified atom stereocenters. The molecule has 0 spiro atoms. The third-order valence-corrected chi connectivity index (χ3v) is 11.2. The first-order valence-electron chi connectivity index (χ1n) is 24.9. The lowest BCUT2D eigenvalue weighted by molar-refractivity contribution is -0.161. The lowest BCUT2D eigenvalue weighted by atomic mass is 10.0. The van der Waals surface area contributed by atoms with E-state index in [0.717, 1.165) is 38.5 Å². The Kier molecular flexibility index (Phi) is 46.4. The zero-order chi connectivity index (χ0) is 40.7. The Morgan fingerprint density at radius 2 is 0.714 bits per heavy atom. The molecule has 0 aromatic rings. The summed E-state index contributed by atoms with van der Waals surface area (Å²) in [5.74, 6) is -0.580. The van der Waals surface area contributed by atoms with Gasteiger partial charge < -0.3 is 14.6 Å². The summed E-state index contributed by atoms with van der Waals surface area (Å²) in [6.45, 7) is 4.16. The van der Waals surface area contributed by atoms with Crippen molar-refractivity contribution in [2.45, 2.75) is 277 Å². The number of ether oxygens (including phenoxy) is 2. The summed E-state index contributed by atoms with van der Waals surface area (Å²) in [4.78, 5) is 24.4. The van der Waals surface area contributed by atoms with E-state index in [-0.39, 0.29) is 25.2 Å². The second-order valence-corrected chi connectivity index (χ2v) is 16.9. The van der Waals surface area contributed by atoms with Gasteiger partial charge >= 0.3 is 11.9 Å². The molecule has 0 saturated carbocycles. The minimum absolute atomic E-state index is 0.0622. The maximum absolute atomic E-state index is 12.2. The monoisotopic (exact) mass is 789 g/mol. The van der Waals surface area contributed by atoms with Gasteiger partial charge in [-0.3, -0.25) is 9.59 Å². The second-order valence-electron chi connectivity index (χ2n) is 16.9. The Bertz CT molecular complexity index is 851. The van der Waals surface area contributed by atoms with Crippen LogP contribution in [0.25, 0.3) is 0 Å². The van der Waals surface area contributed by atoms with Crippen molar-refractivity contribution in [1.82, 2.24) is 0 Å². The number of hydrogen-bond acceptors (Lipinski definition) is 5. The van der Waals surface area contributed by atoms with E-state index in [1.165, 1.54) is 205 Å². The topological polar surface area (TPSA) is 72.8 Å². The fourth-order valence-electron chi connectivity index (χ4n) is 7.47. The molecule has 0 aliphatic rings. The maximum Gasteiger partial charge on any atom is 0.306 e. The minimum Gasteiger partial charge on any atom is -0.462 e. The highest BCUT2D eigenvalue weighted by molar-refractivity contribution is 5.70. The normalized spacial score (nSPS) is 12.3. The van der Waals surface area contributed by atoms with Gasteiger partial charge in [0.25, 0.3) is 0 Å². The number of carbonyl (C=O) groups is 2. The van der Waals surface area contributed by atoms with E-state index in [4.69, 9.17) is 9.47 Å². The summed E-state index contributed by atoms with van der Waals surface area (Å²) in [5, 5.41) is 9.62. The quantitative estimate of drug-likeness (QED) is 0.0378. The zero-order valence-corrected chi connectivity index (χ0v) is 37.7. The molecule has 5 heteroatoms. The van der Waals surface area contributed by atoms with Gasteiger partial charge in [-0.05, 0) is 44.9 Å². The molecular formula is C51H96O5. The Hall–Kier alpha value is -1.62. The van der Waals surface area contributed by atoms with Gasteiger partial charge in [0.1, 0.15) is 6.61 Å². The van der Waals surface area contributed by atoms with Crippen LogP contribution >= 0.6 is 0 Å². The smallest absolute Gasteiger partial charge is 0.306 e. The van der Waals surface area contributed by atoms with E-state index in [0.29, 0.717) is 12.8 Å². The Morgan fingerprint density at radius 1 is 0.411 bits per heavy atom. The highest BCUT2D eigenvalue weighted by atomic mass is 16.6.